The molecule has 1 amide bonds. The van der Waals surface area contributed by atoms with E-state index in [1.165, 1.54) is 199 Å². The number of rotatable bonds is 52. The molecule has 0 aromatic carbocycles. The molecule has 6 nitrogen and oxygen atoms in total. The highest BCUT2D eigenvalue weighted by Crippen LogP contribution is 2.16. The fourth-order valence-electron chi connectivity index (χ4n) is 8.51. The molecule has 0 radical (unpaired) electrons. The van der Waals surface area contributed by atoms with E-state index >= 15 is 0 Å². The molecule has 0 aromatic heterocycles. The average molecular weight is 901 g/mol. The fourth-order valence-corrected chi connectivity index (χ4v) is 8.51. The van der Waals surface area contributed by atoms with Gasteiger partial charge in [0.25, 0.3) is 0 Å². The van der Waals surface area contributed by atoms with Crippen LogP contribution in [-0.2, 0) is 14.3 Å². The SMILES string of the molecule is CCCCCCCCC/C=C\CCCCCCCC(=O)OCCCCCC/C=C\CCCC(=O)NC(CO)C(O)/C=C/CCCCCCCCCCCCCCCCCCCCCC. The van der Waals surface area contributed by atoms with E-state index in [9.17, 15) is 19.8 Å². The van der Waals surface area contributed by atoms with Gasteiger partial charge in [0, 0.05) is 12.8 Å². The molecule has 0 aromatic rings. The standard InChI is InChI=1S/C58H109NO5/c1-3-5-7-9-11-13-15-17-19-21-22-23-24-25-26-27-29-31-34-38-42-46-50-56(61)55(54-60)59-57(62)51-47-43-39-35-33-37-41-45-49-53-64-58(63)52-48-44-40-36-32-30-28-20-18-16-14-12-10-8-6-4-2/h20,28,35,39,46,50,55-56,60-61H,3-19,21-27,29-34,36-38,40-45,47-49,51-54H2,1-2H3,(H,59,62)/b28-20-,39-35-,50-46+. The normalized spacial score (nSPS) is 12.9. The molecule has 0 fully saturated rings. The zero-order valence-corrected chi connectivity index (χ0v) is 42.8. The second-order valence-corrected chi connectivity index (χ2v) is 19.3. The zero-order valence-electron chi connectivity index (χ0n) is 42.8. The van der Waals surface area contributed by atoms with Crippen LogP contribution in [0.1, 0.15) is 296 Å². The van der Waals surface area contributed by atoms with E-state index in [2.05, 4.69) is 43.5 Å². The molecule has 0 aliphatic heterocycles. The Bertz CT molecular complexity index is 1040. The molecule has 64 heavy (non-hydrogen) atoms. The second-order valence-electron chi connectivity index (χ2n) is 19.3. The molecule has 376 valence electrons. The Morgan fingerprint density at radius 1 is 0.422 bits per heavy atom. The van der Waals surface area contributed by atoms with Crippen molar-refractivity contribution in [3.63, 3.8) is 0 Å². The molecule has 0 saturated carbocycles. The first-order valence-electron chi connectivity index (χ1n) is 28.3. The average Bonchev–Trinajstić information content (AvgIpc) is 3.29. The van der Waals surface area contributed by atoms with E-state index in [0.717, 1.165) is 70.6 Å². The van der Waals surface area contributed by atoms with Crippen LogP contribution in [0.5, 0.6) is 0 Å². The van der Waals surface area contributed by atoms with Gasteiger partial charge in [-0.2, -0.15) is 0 Å². The van der Waals surface area contributed by atoms with Crippen LogP contribution in [0.15, 0.2) is 36.5 Å². The van der Waals surface area contributed by atoms with Gasteiger partial charge in [-0.25, -0.2) is 0 Å². The quantitative estimate of drug-likeness (QED) is 0.0321. The van der Waals surface area contributed by atoms with Crippen molar-refractivity contribution in [2.24, 2.45) is 0 Å². The van der Waals surface area contributed by atoms with Crippen molar-refractivity contribution >= 4 is 11.9 Å². The van der Waals surface area contributed by atoms with E-state index < -0.39 is 12.1 Å². The summed E-state index contributed by atoms with van der Waals surface area (Å²) in [6, 6.07) is -0.667. The minimum absolute atomic E-state index is 0.0451. The summed E-state index contributed by atoms with van der Waals surface area (Å²) in [6.07, 6.45) is 66.0. The summed E-state index contributed by atoms with van der Waals surface area (Å²) in [4.78, 5) is 24.5. The molecule has 0 aliphatic rings. The van der Waals surface area contributed by atoms with Crippen LogP contribution < -0.4 is 5.32 Å². The molecule has 0 aliphatic carbocycles. The molecule has 0 bridgehead atoms. The highest BCUT2D eigenvalue weighted by Gasteiger charge is 2.18. The van der Waals surface area contributed by atoms with Crippen molar-refractivity contribution in [1.82, 2.24) is 5.32 Å². The molecule has 0 heterocycles. The Balaban J connectivity index is 3.57. The molecule has 0 rings (SSSR count). The topological polar surface area (TPSA) is 95.9 Å². The number of esters is 1. The summed E-state index contributed by atoms with van der Waals surface area (Å²) >= 11 is 0. The van der Waals surface area contributed by atoms with E-state index in [-0.39, 0.29) is 18.5 Å². The minimum atomic E-state index is -0.877. The molecular formula is C58H109NO5. The third kappa shape index (κ3) is 49.5. The van der Waals surface area contributed by atoms with Gasteiger partial charge in [-0.05, 0) is 77.0 Å². The van der Waals surface area contributed by atoms with Crippen LogP contribution in [0.2, 0.25) is 0 Å². The maximum absolute atomic E-state index is 12.4. The molecule has 2 atom stereocenters. The molecule has 3 N–H and O–H groups in total. The summed E-state index contributed by atoms with van der Waals surface area (Å²) in [5, 5.41) is 23.1. The Morgan fingerprint density at radius 2 is 0.750 bits per heavy atom. The molecule has 6 heteroatoms. The summed E-state index contributed by atoms with van der Waals surface area (Å²) in [7, 11) is 0. The van der Waals surface area contributed by atoms with Gasteiger partial charge in [-0.1, -0.05) is 243 Å². The number of carbonyl (C=O) groups is 2. The van der Waals surface area contributed by atoms with E-state index in [1.807, 2.05) is 6.08 Å². The van der Waals surface area contributed by atoms with Crippen molar-refractivity contribution in [3.05, 3.63) is 36.5 Å². The predicted molar refractivity (Wildman–Crippen MR) is 278 cm³/mol. The first-order valence-corrected chi connectivity index (χ1v) is 28.3. The summed E-state index contributed by atoms with van der Waals surface area (Å²) < 4.78 is 5.44. The molecule has 0 saturated heterocycles. The number of hydrogen-bond donors (Lipinski definition) is 3. The third-order valence-corrected chi connectivity index (χ3v) is 12.9. The fraction of sp³-hybridized carbons (Fsp3) is 0.862. The van der Waals surface area contributed by atoms with Crippen molar-refractivity contribution in [2.75, 3.05) is 13.2 Å². The van der Waals surface area contributed by atoms with Crippen molar-refractivity contribution in [1.29, 1.82) is 0 Å². The number of allylic oxidation sites excluding steroid dienone is 5. The number of hydrogen-bond acceptors (Lipinski definition) is 5. The van der Waals surface area contributed by atoms with Gasteiger partial charge in [0.15, 0.2) is 0 Å². The number of aliphatic hydroxyl groups is 2. The highest BCUT2D eigenvalue weighted by atomic mass is 16.5. The number of nitrogens with one attached hydrogen (secondary N) is 1. The van der Waals surface area contributed by atoms with Crippen LogP contribution in [0.4, 0.5) is 0 Å². The lowest BCUT2D eigenvalue weighted by molar-refractivity contribution is -0.143. The van der Waals surface area contributed by atoms with E-state index in [1.54, 1.807) is 6.08 Å². The van der Waals surface area contributed by atoms with Crippen LogP contribution in [-0.4, -0.2) is 47.4 Å². The number of aliphatic hydroxyl groups excluding tert-OH is 2. The Labute approximate surface area is 398 Å². The lowest BCUT2D eigenvalue weighted by atomic mass is 10.0. The lowest BCUT2D eigenvalue weighted by Gasteiger charge is -2.19. The highest BCUT2D eigenvalue weighted by molar-refractivity contribution is 5.76. The Morgan fingerprint density at radius 3 is 1.14 bits per heavy atom. The summed E-state index contributed by atoms with van der Waals surface area (Å²) in [6.45, 7) is 4.82. The number of ether oxygens (including phenoxy) is 1. The van der Waals surface area contributed by atoms with Crippen molar-refractivity contribution in [3.8, 4) is 0 Å². The van der Waals surface area contributed by atoms with Crippen molar-refractivity contribution < 1.29 is 24.5 Å². The zero-order chi connectivity index (χ0) is 46.5. The first kappa shape index (κ1) is 62.1. The number of amides is 1. The van der Waals surface area contributed by atoms with Crippen LogP contribution in [0.25, 0.3) is 0 Å². The van der Waals surface area contributed by atoms with Gasteiger partial charge >= 0.3 is 5.97 Å². The first-order chi connectivity index (χ1) is 31.5. The number of unbranched alkanes of at least 4 members (excludes halogenated alkanes) is 37. The van der Waals surface area contributed by atoms with E-state index in [0.29, 0.717) is 19.4 Å². The monoisotopic (exact) mass is 900 g/mol. The van der Waals surface area contributed by atoms with Gasteiger partial charge in [-0.15, -0.1) is 0 Å². The molecule has 2 unspecified atom stereocenters. The largest absolute Gasteiger partial charge is 0.466 e. The summed E-state index contributed by atoms with van der Waals surface area (Å²) in [5.74, 6) is -0.172. The lowest BCUT2D eigenvalue weighted by Crippen LogP contribution is -2.45. The van der Waals surface area contributed by atoms with Gasteiger partial charge in [0.1, 0.15) is 0 Å². The third-order valence-electron chi connectivity index (χ3n) is 12.9. The van der Waals surface area contributed by atoms with Gasteiger partial charge in [-0.3, -0.25) is 9.59 Å². The predicted octanol–water partition coefficient (Wildman–Crippen LogP) is 17.2. The Hall–Kier alpha value is -1.92. The van der Waals surface area contributed by atoms with Crippen LogP contribution in [0.3, 0.4) is 0 Å². The van der Waals surface area contributed by atoms with Crippen LogP contribution in [0, 0.1) is 0 Å². The van der Waals surface area contributed by atoms with E-state index in [4.69, 9.17) is 4.74 Å². The number of carbonyl (C=O) groups excluding carboxylic acids is 2. The van der Waals surface area contributed by atoms with Gasteiger partial charge < -0.3 is 20.3 Å². The second kappa shape index (κ2) is 53.7. The minimum Gasteiger partial charge on any atom is -0.466 e. The van der Waals surface area contributed by atoms with Crippen molar-refractivity contribution in [2.45, 2.75) is 309 Å². The van der Waals surface area contributed by atoms with Gasteiger partial charge in [0.05, 0.1) is 25.4 Å². The van der Waals surface area contributed by atoms with Gasteiger partial charge in [0.2, 0.25) is 5.91 Å². The Kier molecular flexibility index (Phi) is 52.1. The maximum Gasteiger partial charge on any atom is 0.305 e. The smallest absolute Gasteiger partial charge is 0.305 e. The maximum atomic E-state index is 12.4. The molecular weight excluding hydrogens is 791 g/mol. The van der Waals surface area contributed by atoms with Crippen LogP contribution >= 0.6 is 0 Å². The summed E-state index contributed by atoms with van der Waals surface area (Å²) in [5.41, 5.74) is 0. The molecule has 0 spiro atoms.